The molecule has 1 fully saturated rings. The Morgan fingerprint density at radius 1 is 1.50 bits per heavy atom. The second-order valence-electron chi connectivity index (χ2n) is 5.15. The lowest BCUT2D eigenvalue weighted by Gasteiger charge is -2.38. The zero-order valence-electron chi connectivity index (χ0n) is 11.0. The van der Waals surface area contributed by atoms with Crippen LogP contribution >= 0.6 is 11.6 Å². The van der Waals surface area contributed by atoms with Crippen LogP contribution in [0.5, 0.6) is 0 Å². The van der Waals surface area contributed by atoms with Crippen LogP contribution < -0.4 is 5.73 Å². The van der Waals surface area contributed by atoms with Crippen LogP contribution in [0.2, 0.25) is 5.15 Å². The highest BCUT2D eigenvalue weighted by Gasteiger charge is 2.26. The van der Waals surface area contributed by atoms with Gasteiger partial charge in [-0.25, -0.2) is 4.98 Å². The molecule has 2 N–H and O–H groups in total. The molecule has 1 saturated heterocycles. The van der Waals surface area contributed by atoms with Gasteiger partial charge in [0, 0.05) is 25.3 Å². The lowest BCUT2D eigenvalue weighted by atomic mass is 9.88. The minimum Gasteiger partial charge on any atom is -0.329 e. The minimum atomic E-state index is 0.513. The predicted molar refractivity (Wildman–Crippen MR) is 75.5 cm³/mol. The summed E-state index contributed by atoms with van der Waals surface area (Å²) in [5.74, 6) is 0.846. The first-order chi connectivity index (χ1) is 8.72. The van der Waals surface area contributed by atoms with Crippen LogP contribution in [0.25, 0.3) is 0 Å². The van der Waals surface area contributed by atoms with Crippen molar-refractivity contribution in [3.8, 4) is 0 Å². The molecule has 0 spiro atoms. The normalized spacial score (nSPS) is 25.3. The van der Waals surface area contributed by atoms with Gasteiger partial charge >= 0.3 is 0 Å². The van der Waals surface area contributed by atoms with E-state index in [4.69, 9.17) is 17.3 Å². The lowest BCUT2D eigenvalue weighted by molar-refractivity contribution is 0.107. The SMILES string of the molecule is CCC1CCN(Cc2ccc(Cl)nc2)C(CN)C1. The number of nitrogens with zero attached hydrogens (tertiary/aromatic N) is 2. The van der Waals surface area contributed by atoms with E-state index in [0.717, 1.165) is 25.6 Å². The molecule has 18 heavy (non-hydrogen) atoms. The van der Waals surface area contributed by atoms with Crippen LogP contribution in [-0.4, -0.2) is 29.0 Å². The average molecular weight is 268 g/mol. The van der Waals surface area contributed by atoms with Gasteiger partial charge in [-0.1, -0.05) is 31.0 Å². The average Bonchev–Trinajstić information content (AvgIpc) is 2.41. The Kier molecular flexibility index (Phi) is 4.98. The molecule has 100 valence electrons. The molecule has 0 bridgehead atoms. The van der Waals surface area contributed by atoms with E-state index in [1.165, 1.54) is 24.8 Å². The number of aromatic nitrogens is 1. The Morgan fingerprint density at radius 2 is 2.33 bits per heavy atom. The van der Waals surface area contributed by atoms with Gasteiger partial charge in [0.15, 0.2) is 0 Å². The van der Waals surface area contributed by atoms with Crippen LogP contribution in [0.4, 0.5) is 0 Å². The Morgan fingerprint density at radius 3 is 2.94 bits per heavy atom. The van der Waals surface area contributed by atoms with E-state index in [2.05, 4.69) is 22.9 Å². The third-order valence-electron chi connectivity index (χ3n) is 3.97. The van der Waals surface area contributed by atoms with Gasteiger partial charge in [0.2, 0.25) is 0 Å². The van der Waals surface area contributed by atoms with Crippen molar-refractivity contribution >= 4 is 11.6 Å². The standard InChI is InChI=1S/C14H22ClN3/c1-2-11-5-6-18(13(7-11)8-16)10-12-3-4-14(15)17-9-12/h3-4,9,11,13H,2,5-8,10,16H2,1H3. The second-order valence-corrected chi connectivity index (χ2v) is 5.54. The molecule has 0 aliphatic carbocycles. The van der Waals surface area contributed by atoms with E-state index < -0.39 is 0 Å². The number of hydrogen-bond donors (Lipinski definition) is 1. The maximum atomic E-state index is 5.91. The van der Waals surface area contributed by atoms with Crippen LogP contribution in [0.3, 0.4) is 0 Å². The zero-order valence-corrected chi connectivity index (χ0v) is 11.7. The van der Waals surface area contributed by atoms with Gasteiger partial charge < -0.3 is 5.73 Å². The fourth-order valence-electron chi connectivity index (χ4n) is 2.74. The first-order valence-corrected chi connectivity index (χ1v) is 7.15. The van der Waals surface area contributed by atoms with Crippen molar-refractivity contribution < 1.29 is 0 Å². The molecule has 1 aliphatic heterocycles. The van der Waals surface area contributed by atoms with Gasteiger partial charge in [-0.2, -0.15) is 0 Å². The number of hydrogen-bond acceptors (Lipinski definition) is 3. The van der Waals surface area contributed by atoms with E-state index >= 15 is 0 Å². The smallest absolute Gasteiger partial charge is 0.129 e. The Labute approximate surface area is 114 Å². The summed E-state index contributed by atoms with van der Waals surface area (Å²) in [6.45, 7) is 5.10. The molecule has 1 aromatic rings. The van der Waals surface area contributed by atoms with Gasteiger partial charge in [0.25, 0.3) is 0 Å². The summed E-state index contributed by atoms with van der Waals surface area (Å²) in [6, 6.07) is 4.42. The molecule has 2 heterocycles. The molecule has 0 saturated carbocycles. The molecule has 1 aliphatic rings. The number of piperidine rings is 1. The number of rotatable bonds is 4. The molecule has 0 radical (unpaired) electrons. The summed E-state index contributed by atoms with van der Waals surface area (Å²) >= 11 is 5.80. The molecular weight excluding hydrogens is 246 g/mol. The van der Waals surface area contributed by atoms with Gasteiger partial charge in [0.05, 0.1) is 0 Å². The minimum absolute atomic E-state index is 0.513. The third-order valence-corrected chi connectivity index (χ3v) is 4.19. The first kappa shape index (κ1) is 13.8. The fraction of sp³-hybridized carbons (Fsp3) is 0.643. The van der Waals surface area contributed by atoms with Crippen molar-refractivity contribution in [2.24, 2.45) is 11.7 Å². The molecule has 0 amide bonds. The second kappa shape index (κ2) is 6.50. The van der Waals surface area contributed by atoms with Crippen molar-refractivity contribution in [1.82, 2.24) is 9.88 Å². The Balaban J connectivity index is 1.97. The van der Waals surface area contributed by atoms with Crippen molar-refractivity contribution in [2.75, 3.05) is 13.1 Å². The van der Waals surface area contributed by atoms with E-state index in [1.54, 1.807) is 0 Å². The van der Waals surface area contributed by atoms with Gasteiger partial charge in [-0.15, -0.1) is 0 Å². The molecule has 3 nitrogen and oxygen atoms in total. The van der Waals surface area contributed by atoms with Crippen LogP contribution in [-0.2, 0) is 6.54 Å². The van der Waals surface area contributed by atoms with Gasteiger partial charge in [-0.05, 0) is 36.9 Å². The monoisotopic (exact) mass is 267 g/mol. The highest BCUT2D eigenvalue weighted by molar-refractivity contribution is 6.29. The predicted octanol–water partition coefficient (Wildman–Crippen LogP) is 2.68. The van der Waals surface area contributed by atoms with E-state index in [1.807, 2.05) is 12.3 Å². The van der Waals surface area contributed by atoms with Crippen molar-refractivity contribution in [3.63, 3.8) is 0 Å². The Bertz CT molecular complexity index is 366. The largest absolute Gasteiger partial charge is 0.329 e. The first-order valence-electron chi connectivity index (χ1n) is 6.77. The van der Waals surface area contributed by atoms with E-state index in [9.17, 15) is 0 Å². The number of likely N-dealkylation sites (tertiary alicyclic amines) is 1. The molecule has 2 atom stereocenters. The summed E-state index contributed by atoms with van der Waals surface area (Å²) < 4.78 is 0. The topological polar surface area (TPSA) is 42.2 Å². The summed E-state index contributed by atoms with van der Waals surface area (Å²) in [6.07, 6.45) is 5.65. The van der Waals surface area contributed by atoms with Crippen LogP contribution in [0, 0.1) is 5.92 Å². The quantitative estimate of drug-likeness (QED) is 0.853. The summed E-state index contributed by atoms with van der Waals surface area (Å²) in [4.78, 5) is 6.62. The fourth-order valence-corrected chi connectivity index (χ4v) is 2.85. The summed E-state index contributed by atoms with van der Waals surface area (Å²) in [5.41, 5.74) is 7.13. The molecule has 4 heteroatoms. The van der Waals surface area contributed by atoms with Crippen molar-refractivity contribution in [3.05, 3.63) is 29.0 Å². The highest BCUT2D eigenvalue weighted by atomic mass is 35.5. The molecule has 1 aromatic heterocycles. The number of nitrogens with two attached hydrogens (primary N) is 1. The van der Waals surface area contributed by atoms with Crippen LogP contribution in [0.15, 0.2) is 18.3 Å². The number of pyridine rings is 1. The third kappa shape index (κ3) is 3.44. The maximum Gasteiger partial charge on any atom is 0.129 e. The summed E-state index contributed by atoms with van der Waals surface area (Å²) in [7, 11) is 0. The van der Waals surface area contributed by atoms with Crippen molar-refractivity contribution in [2.45, 2.75) is 38.8 Å². The molecule has 2 unspecified atom stereocenters. The lowest BCUT2D eigenvalue weighted by Crippen LogP contribution is -2.46. The molecular formula is C14H22ClN3. The van der Waals surface area contributed by atoms with Gasteiger partial charge in [-0.3, -0.25) is 4.90 Å². The van der Waals surface area contributed by atoms with E-state index in [-0.39, 0.29) is 0 Å². The molecule has 2 rings (SSSR count). The summed E-state index contributed by atoms with van der Waals surface area (Å²) in [5, 5.41) is 0.554. The number of halogens is 1. The van der Waals surface area contributed by atoms with Gasteiger partial charge in [0.1, 0.15) is 5.15 Å². The highest BCUT2D eigenvalue weighted by Crippen LogP contribution is 2.26. The Hall–Kier alpha value is -0.640. The van der Waals surface area contributed by atoms with Crippen LogP contribution in [0.1, 0.15) is 31.7 Å². The zero-order chi connectivity index (χ0) is 13.0. The van der Waals surface area contributed by atoms with Crippen molar-refractivity contribution in [1.29, 1.82) is 0 Å². The van der Waals surface area contributed by atoms with E-state index in [0.29, 0.717) is 11.2 Å². The maximum absolute atomic E-state index is 5.91. The molecule has 0 aromatic carbocycles.